The van der Waals surface area contributed by atoms with E-state index in [1.54, 1.807) is 18.9 Å². The van der Waals surface area contributed by atoms with Crippen molar-refractivity contribution in [2.24, 2.45) is 11.8 Å². The van der Waals surface area contributed by atoms with E-state index in [0.29, 0.717) is 37.1 Å². The Morgan fingerprint density at radius 3 is 2.59 bits per heavy atom. The number of carbonyl (C=O) groups excluding carboxylic acids is 3. The van der Waals surface area contributed by atoms with Crippen LogP contribution >= 0.6 is 11.8 Å². The van der Waals surface area contributed by atoms with E-state index in [0.717, 1.165) is 0 Å². The number of aliphatic hydroxyl groups is 1. The quantitative estimate of drug-likeness (QED) is 0.290. The van der Waals surface area contributed by atoms with Crippen LogP contribution in [0.15, 0.2) is 21.3 Å². The van der Waals surface area contributed by atoms with E-state index in [1.165, 1.54) is 22.9 Å². The van der Waals surface area contributed by atoms with Gasteiger partial charge in [-0.2, -0.15) is 4.98 Å². The van der Waals surface area contributed by atoms with Gasteiger partial charge in [0.2, 0.25) is 5.91 Å². The smallest absolute Gasteiger partial charge is 0.543 e. The SMILES string of the molecule is COC1CN(C(=O)c2coc(N3CC(SC4=C(C(=O)[O-])N5C(=O)[C@H]([C@@H](C)O)[C@H]5[C@H]4C)C3)n2)C1.[Na+]. The van der Waals surface area contributed by atoms with Crippen LogP contribution < -0.4 is 39.6 Å². The van der Waals surface area contributed by atoms with Gasteiger partial charge in [-0.1, -0.05) is 6.92 Å². The zero-order valence-electron chi connectivity index (χ0n) is 19.5. The molecule has 5 rings (SSSR count). The summed E-state index contributed by atoms with van der Waals surface area (Å²) in [6.07, 6.45) is 0.566. The minimum absolute atomic E-state index is 0. The molecule has 1 N–H and O–H groups in total. The Hall–Kier alpha value is -1.57. The molecule has 0 spiro atoms. The molecular weight excluding hydrogens is 475 g/mol. The number of hydrogen-bond donors (Lipinski definition) is 1. The van der Waals surface area contributed by atoms with Crippen molar-refractivity contribution in [1.29, 1.82) is 0 Å². The van der Waals surface area contributed by atoms with Crippen LogP contribution in [0.25, 0.3) is 0 Å². The Kier molecular flexibility index (Phi) is 7.11. The number of carboxylic acids is 1. The number of amides is 2. The molecule has 4 aliphatic rings. The first kappa shape index (κ1) is 25.5. The molecule has 4 atom stereocenters. The second-order valence-corrected chi connectivity index (χ2v) is 10.3. The summed E-state index contributed by atoms with van der Waals surface area (Å²) in [5.41, 5.74) is 0.167. The van der Waals surface area contributed by atoms with Crippen molar-refractivity contribution in [3.8, 4) is 0 Å². The van der Waals surface area contributed by atoms with Gasteiger partial charge in [-0.15, -0.1) is 11.8 Å². The molecule has 0 unspecified atom stereocenters. The summed E-state index contributed by atoms with van der Waals surface area (Å²) in [6.45, 7) is 5.61. The summed E-state index contributed by atoms with van der Waals surface area (Å²) in [5, 5.41) is 21.8. The average Bonchev–Trinajstić information content (AvgIpc) is 3.25. The summed E-state index contributed by atoms with van der Waals surface area (Å²) in [5.74, 6) is -2.75. The fourth-order valence-corrected chi connectivity index (χ4v) is 6.46. The Morgan fingerprint density at radius 1 is 1.32 bits per heavy atom. The Bertz CT molecular complexity index is 1030. The number of β-lactam (4-membered cyclic amide) rings is 1. The zero-order valence-corrected chi connectivity index (χ0v) is 22.3. The molecule has 11 nitrogen and oxygen atoms in total. The second kappa shape index (κ2) is 9.47. The van der Waals surface area contributed by atoms with E-state index in [9.17, 15) is 24.6 Å². The number of carboxylic acid groups (broad SMARTS) is 1. The van der Waals surface area contributed by atoms with Crippen molar-refractivity contribution < 1.29 is 63.3 Å². The van der Waals surface area contributed by atoms with Gasteiger partial charge >= 0.3 is 29.6 Å². The number of likely N-dealkylation sites (tertiary alicyclic amines) is 1. The number of hydrogen-bond acceptors (Lipinski definition) is 10. The number of aliphatic carboxylic acids is 1. The molecule has 0 aromatic carbocycles. The average molecular weight is 501 g/mol. The molecule has 3 saturated heterocycles. The van der Waals surface area contributed by atoms with Crippen LogP contribution in [0.1, 0.15) is 24.3 Å². The topological polar surface area (TPSA) is 139 Å². The normalized spacial score (nSPS) is 27.6. The van der Waals surface area contributed by atoms with Crippen LogP contribution in [0, 0.1) is 11.8 Å². The number of thioether (sulfide) groups is 1. The van der Waals surface area contributed by atoms with Crippen molar-refractivity contribution in [3.63, 3.8) is 0 Å². The van der Waals surface area contributed by atoms with E-state index in [1.807, 2.05) is 11.8 Å². The number of carbonyl (C=O) groups is 3. The Balaban J connectivity index is 0.00000274. The molecule has 0 radical (unpaired) electrons. The van der Waals surface area contributed by atoms with Gasteiger partial charge in [-0.25, -0.2) is 0 Å². The molecule has 0 saturated carbocycles. The zero-order chi connectivity index (χ0) is 23.6. The predicted molar refractivity (Wildman–Crippen MR) is 114 cm³/mol. The fraction of sp³-hybridized carbons (Fsp3) is 0.619. The number of fused-ring (bicyclic) bond motifs is 1. The predicted octanol–water partition coefficient (Wildman–Crippen LogP) is -4.11. The number of aromatic nitrogens is 1. The minimum Gasteiger partial charge on any atom is -0.543 e. The summed E-state index contributed by atoms with van der Waals surface area (Å²) >= 11 is 1.42. The van der Waals surface area contributed by atoms with Crippen LogP contribution in [0.5, 0.6) is 0 Å². The number of rotatable bonds is 7. The molecular formula is C21H25N4NaO7S. The van der Waals surface area contributed by atoms with Crippen molar-refractivity contribution in [2.45, 2.75) is 37.3 Å². The first-order valence-electron chi connectivity index (χ1n) is 10.9. The van der Waals surface area contributed by atoms with Gasteiger partial charge in [0, 0.05) is 49.4 Å². The van der Waals surface area contributed by atoms with Gasteiger partial charge in [0.25, 0.3) is 11.9 Å². The first-order valence-corrected chi connectivity index (χ1v) is 11.7. The third-order valence-electron chi connectivity index (χ3n) is 6.89. The van der Waals surface area contributed by atoms with Gasteiger partial charge in [-0.3, -0.25) is 9.59 Å². The van der Waals surface area contributed by atoms with Crippen molar-refractivity contribution >= 4 is 35.6 Å². The van der Waals surface area contributed by atoms with Crippen LogP contribution in [0.3, 0.4) is 0 Å². The summed E-state index contributed by atoms with van der Waals surface area (Å²) in [7, 11) is 1.61. The molecule has 3 fully saturated rings. The molecule has 1 aromatic heterocycles. The van der Waals surface area contributed by atoms with Crippen molar-refractivity contribution in [2.75, 3.05) is 38.2 Å². The summed E-state index contributed by atoms with van der Waals surface area (Å²) in [4.78, 5) is 46.4. The first-order chi connectivity index (χ1) is 15.7. The monoisotopic (exact) mass is 500 g/mol. The standard InChI is InChI=1S/C21H26N4O7S.Na/c1-9-15-14(10(2)26)19(28)25(15)16(20(29)30)17(9)33-12-6-24(7-12)21-22-13(8-32-21)18(27)23-4-11(5-23)31-3;/h8-12,14-15,26H,4-7H2,1-3H3,(H,29,30);/q;+1/p-1/t9-,10-,14-,15-;/m1./s1. The van der Waals surface area contributed by atoms with E-state index in [-0.39, 0.29) is 76.1 Å². The fourth-order valence-electron chi connectivity index (χ4n) is 4.94. The third kappa shape index (κ3) is 3.97. The number of oxazole rings is 1. The number of nitrogens with zero attached hydrogens (tertiary/aromatic N) is 4. The molecule has 2 amide bonds. The number of anilines is 1. The van der Waals surface area contributed by atoms with Crippen LogP contribution in [0.2, 0.25) is 0 Å². The molecule has 4 aliphatic heterocycles. The molecule has 1 aromatic rings. The van der Waals surface area contributed by atoms with Crippen molar-refractivity contribution in [1.82, 2.24) is 14.8 Å². The number of ether oxygens (including phenoxy) is 1. The summed E-state index contributed by atoms with van der Waals surface area (Å²) < 4.78 is 10.7. The van der Waals surface area contributed by atoms with E-state index >= 15 is 0 Å². The third-order valence-corrected chi connectivity index (χ3v) is 8.34. The van der Waals surface area contributed by atoms with Crippen molar-refractivity contribution in [3.05, 3.63) is 22.6 Å². The van der Waals surface area contributed by atoms with Gasteiger partial charge in [0.15, 0.2) is 5.69 Å². The molecule has 13 heteroatoms. The summed E-state index contributed by atoms with van der Waals surface area (Å²) in [6, 6.07) is -0.00985. The van der Waals surface area contributed by atoms with Crippen LogP contribution in [0.4, 0.5) is 6.01 Å². The molecule has 0 bridgehead atoms. The number of aliphatic hydroxyl groups excluding tert-OH is 1. The second-order valence-electron chi connectivity index (χ2n) is 8.98. The number of methoxy groups -OCH3 is 1. The van der Waals surface area contributed by atoms with Gasteiger partial charge in [0.05, 0.1) is 35.8 Å². The Morgan fingerprint density at radius 2 is 2.00 bits per heavy atom. The Labute approximate surface area is 222 Å². The van der Waals surface area contributed by atoms with Gasteiger partial charge < -0.3 is 38.9 Å². The minimum atomic E-state index is -1.38. The van der Waals surface area contributed by atoms with Crippen LogP contribution in [-0.4, -0.2) is 94.5 Å². The van der Waals surface area contributed by atoms with Crippen LogP contribution in [-0.2, 0) is 14.3 Å². The van der Waals surface area contributed by atoms with Gasteiger partial charge in [-0.05, 0) is 6.92 Å². The molecule has 0 aliphatic carbocycles. The molecule has 178 valence electrons. The van der Waals surface area contributed by atoms with Gasteiger partial charge in [0.1, 0.15) is 6.26 Å². The van der Waals surface area contributed by atoms with E-state index in [4.69, 9.17) is 9.15 Å². The maximum atomic E-state index is 12.4. The van der Waals surface area contributed by atoms with E-state index in [2.05, 4.69) is 4.98 Å². The molecule has 34 heavy (non-hydrogen) atoms. The molecule has 5 heterocycles. The largest absolute Gasteiger partial charge is 1.00 e. The van der Waals surface area contributed by atoms with E-state index < -0.39 is 18.0 Å². The maximum absolute atomic E-state index is 12.4. The maximum Gasteiger partial charge on any atom is 1.00 e.